The summed E-state index contributed by atoms with van der Waals surface area (Å²) in [5, 5.41) is 12.9. The van der Waals surface area contributed by atoms with E-state index in [0.29, 0.717) is 21.2 Å². The number of thiophene rings is 1. The molecule has 1 aliphatic rings. The predicted molar refractivity (Wildman–Crippen MR) is 89.2 cm³/mol. The molecule has 2 aromatic rings. The lowest BCUT2D eigenvalue weighted by Crippen LogP contribution is -2.12. The first kappa shape index (κ1) is 15.3. The van der Waals surface area contributed by atoms with Gasteiger partial charge in [-0.15, -0.1) is 11.3 Å². The van der Waals surface area contributed by atoms with Crippen LogP contribution in [0.25, 0.3) is 0 Å². The third-order valence-electron chi connectivity index (χ3n) is 4.08. The molecule has 1 aliphatic carbocycles. The molecule has 0 saturated heterocycles. The molecule has 6 heteroatoms. The molecular weight excluding hydrogens is 364 g/mol. The number of halogens is 1. The Balaban J connectivity index is 1.87. The van der Waals surface area contributed by atoms with E-state index in [4.69, 9.17) is 4.42 Å². The van der Waals surface area contributed by atoms with Crippen molar-refractivity contribution in [2.45, 2.75) is 32.6 Å². The zero-order chi connectivity index (χ0) is 15.7. The fraction of sp³-hybridized carbons (Fsp3) is 0.375. The number of furan rings is 1. The van der Waals surface area contributed by atoms with Gasteiger partial charge in [-0.25, -0.2) is 0 Å². The molecule has 0 fully saturated rings. The molecule has 1 atom stereocenters. The number of anilines is 1. The Labute approximate surface area is 141 Å². The van der Waals surface area contributed by atoms with Crippen LogP contribution in [-0.2, 0) is 12.8 Å². The average molecular weight is 379 g/mol. The number of hydrogen-bond acceptors (Lipinski definition) is 4. The van der Waals surface area contributed by atoms with E-state index >= 15 is 0 Å². The van der Waals surface area contributed by atoms with Gasteiger partial charge in [0.1, 0.15) is 11.1 Å². The van der Waals surface area contributed by atoms with Crippen LogP contribution in [0, 0.1) is 17.2 Å². The van der Waals surface area contributed by atoms with Gasteiger partial charge >= 0.3 is 0 Å². The number of nitrogens with one attached hydrogen (secondary N) is 1. The van der Waals surface area contributed by atoms with E-state index in [1.807, 2.05) is 0 Å². The first-order valence-corrected chi connectivity index (χ1v) is 8.84. The SMILES string of the molecule is CC[C@H]1CCc2c(sc(NC(=O)c3ccc(Br)o3)c2C#N)C1. The summed E-state index contributed by atoms with van der Waals surface area (Å²) in [6.45, 7) is 2.20. The van der Waals surface area contributed by atoms with Crippen LogP contribution in [-0.4, -0.2) is 5.91 Å². The number of rotatable bonds is 3. The molecule has 0 bridgehead atoms. The predicted octanol–water partition coefficient (Wildman–Crippen LogP) is 4.74. The number of hydrogen-bond donors (Lipinski definition) is 1. The summed E-state index contributed by atoms with van der Waals surface area (Å²) < 4.78 is 5.76. The van der Waals surface area contributed by atoms with Gasteiger partial charge in [0.25, 0.3) is 5.91 Å². The van der Waals surface area contributed by atoms with Crippen molar-refractivity contribution in [3.05, 3.63) is 38.6 Å². The van der Waals surface area contributed by atoms with Gasteiger partial charge in [-0.1, -0.05) is 13.3 Å². The van der Waals surface area contributed by atoms with Crippen molar-refractivity contribution in [1.82, 2.24) is 0 Å². The van der Waals surface area contributed by atoms with Crippen LogP contribution in [0.15, 0.2) is 21.2 Å². The summed E-state index contributed by atoms with van der Waals surface area (Å²) in [5.74, 6) is 0.587. The van der Waals surface area contributed by atoms with Crippen molar-refractivity contribution in [3.63, 3.8) is 0 Å². The Morgan fingerprint density at radius 1 is 1.59 bits per heavy atom. The highest BCUT2D eigenvalue weighted by Crippen LogP contribution is 2.40. The molecule has 0 aliphatic heterocycles. The van der Waals surface area contributed by atoms with E-state index in [-0.39, 0.29) is 11.7 Å². The second-order valence-electron chi connectivity index (χ2n) is 5.39. The molecule has 1 amide bonds. The standard InChI is InChI=1S/C16H15BrN2O2S/c1-2-9-3-4-10-11(8-18)16(22-13(10)7-9)19-15(20)12-5-6-14(17)21-12/h5-6,9H,2-4,7H2,1H3,(H,19,20)/t9-/m0/s1. The van der Waals surface area contributed by atoms with E-state index in [9.17, 15) is 10.1 Å². The second kappa shape index (κ2) is 6.27. The molecule has 0 saturated carbocycles. The summed E-state index contributed by atoms with van der Waals surface area (Å²) in [6.07, 6.45) is 4.21. The summed E-state index contributed by atoms with van der Waals surface area (Å²) in [6, 6.07) is 5.53. The van der Waals surface area contributed by atoms with Crippen LogP contribution in [0.4, 0.5) is 5.00 Å². The van der Waals surface area contributed by atoms with Crippen molar-refractivity contribution >= 4 is 38.2 Å². The third kappa shape index (κ3) is 2.83. The van der Waals surface area contributed by atoms with Gasteiger partial charge < -0.3 is 9.73 Å². The minimum absolute atomic E-state index is 0.230. The molecule has 4 nitrogen and oxygen atoms in total. The zero-order valence-electron chi connectivity index (χ0n) is 12.1. The molecule has 0 radical (unpaired) electrons. The third-order valence-corrected chi connectivity index (χ3v) is 5.68. The van der Waals surface area contributed by atoms with Crippen LogP contribution >= 0.6 is 27.3 Å². The van der Waals surface area contributed by atoms with Gasteiger partial charge in [0, 0.05) is 4.88 Å². The lowest BCUT2D eigenvalue weighted by Gasteiger charge is -2.20. The second-order valence-corrected chi connectivity index (χ2v) is 7.28. The number of carbonyl (C=O) groups is 1. The molecular formula is C16H15BrN2O2S. The minimum Gasteiger partial charge on any atom is -0.444 e. The van der Waals surface area contributed by atoms with Crippen LogP contribution in [0.2, 0.25) is 0 Å². The van der Waals surface area contributed by atoms with Crippen LogP contribution in [0.1, 0.15) is 46.3 Å². The summed E-state index contributed by atoms with van der Waals surface area (Å²) in [5.41, 5.74) is 1.74. The fourth-order valence-corrected chi connectivity index (χ4v) is 4.42. The largest absolute Gasteiger partial charge is 0.444 e. The van der Waals surface area contributed by atoms with Crippen LogP contribution < -0.4 is 5.32 Å². The smallest absolute Gasteiger partial charge is 0.292 e. The highest BCUT2D eigenvalue weighted by molar-refractivity contribution is 9.10. The van der Waals surface area contributed by atoms with E-state index in [0.717, 1.165) is 31.2 Å². The molecule has 3 rings (SSSR count). The molecule has 114 valence electrons. The number of nitrogens with zero attached hydrogens (tertiary/aromatic N) is 1. The van der Waals surface area contributed by atoms with Gasteiger partial charge in [0.15, 0.2) is 10.4 Å². The maximum absolute atomic E-state index is 12.2. The van der Waals surface area contributed by atoms with Crippen molar-refractivity contribution < 1.29 is 9.21 Å². The molecule has 0 aromatic carbocycles. The zero-order valence-corrected chi connectivity index (χ0v) is 14.5. The van der Waals surface area contributed by atoms with E-state index in [1.54, 1.807) is 12.1 Å². The molecule has 2 aromatic heterocycles. The van der Waals surface area contributed by atoms with Crippen molar-refractivity contribution in [3.8, 4) is 6.07 Å². The molecule has 0 spiro atoms. The summed E-state index contributed by atoms with van der Waals surface area (Å²) >= 11 is 4.71. The quantitative estimate of drug-likeness (QED) is 0.838. The highest BCUT2D eigenvalue weighted by Gasteiger charge is 2.26. The van der Waals surface area contributed by atoms with E-state index < -0.39 is 0 Å². The first-order chi connectivity index (χ1) is 10.6. The van der Waals surface area contributed by atoms with E-state index in [1.165, 1.54) is 16.2 Å². The molecule has 22 heavy (non-hydrogen) atoms. The number of fused-ring (bicyclic) bond motifs is 1. The van der Waals surface area contributed by atoms with E-state index in [2.05, 4.69) is 34.2 Å². The van der Waals surface area contributed by atoms with Crippen LogP contribution in [0.5, 0.6) is 0 Å². The number of amides is 1. The van der Waals surface area contributed by atoms with Gasteiger partial charge in [-0.05, 0) is 58.8 Å². The minimum atomic E-state index is -0.326. The van der Waals surface area contributed by atoms with Crippen molar-refractivity contribution in [1.29, 1.82) is 5.26 Å². The van der Waals surface area contributed by atoms with Gasteiger partial charge in [0.2, 0.25) is 0 Å². The Kier molecular flexibility index (Phi) is 4.37. The fourth-order valence-electron chi connectivity index (χ4n) is 2.81. The maximum atomic E-state index is 12.2. The molecule has 2 heterocycles. The number of carbonyl (C=O) groups excluding carboxylic acids is 1. The van der Waals surface area contributed by atoms with Crippen LogP contribution in [0.3, 0.4) is 0 Å². The Hall–Kier alpha value is -1.58. The number of nitriles is 1. The lowest BCUT2D eigenvalue weighted by molar-refractivity contribution is 0.0996. The van der Waals surface area contributed by atoms with Gasteiger partial charge in [-0.2, -0.15) is 5.26 Å². The Bertz CT molecular complexity index is 757. The maximum Gasteiger partial charge on any atom is 0.292 e. The average Bonchev–Trinajstić information content (AvgIpc) is 3.09. The van der Waals surface area contributed by atoms with Crippen molar-refractivity contribution in [2.75, 3.05) is 5.32 Å². The lowest BCUT2D eigenvalue weighted by atomic mass is 9.86. The Morgan fingerprint density at radius 3 is 3.05 bits per heavy atom. The molecule has 1 N–H and O–H groups in total. The first-order valence-electron chi connectivity index (χ1n) is 7.23. The molecule has 0 unspecified atom stereocenters. The van der Waals surface area contributed by atoms with Gasteiger partial charge in [0.05, 0.1) is 5.56 Å². The monoisotopic (exact) mass is 378 g/mol. The van der Waals surface area contributed by atoms with Gasteiger partial charge in [-0.3, -0.25) is 4.79 Å². The Morgan fingerprint density at radius 2 is 2.41 bits per heavy atom. The summed E-state index contributed by atoms with van der Waals surface area (Å²) in [7, 11) is 0. The van der Waals surface area contributed by atoms with Crippen molar-refractivity contribution in [2.24, 2.45) is 5.92 Å². The topological polar surface area (TPSA) is 66.0 Å². The summed E-state index contributed by atoms with van der Waals surface area (Å²) in [4.78, 5) is 13.4. The highest BCUT2D eigenvalue weighted by atomic mass is 79.9. The normalized spacial score (nSPS) is 16.9.